The maximum atomic E-state index is 12.3. The van der Waals surface area contributed by atoms with Crippen LogP contribution >= 0.6 is 0 Å². The zero-order valence-corrected chi connectivity index (χ0v) is 10.2. The molecule has 3 heteroatoms. The highest BCUT2D eigenvalue weighted by molar-refractivity contribution is 6.02. The quantitative estimate of drug-likeness (QED) is 0.654. The van der Waals surface area contributed by atoms with Crippen LogP contribution in [0.5, 0.6) is 0 Å². The van der Waals surface area contributed by atoms with E-state index in [9.17, 15) is 9.59 Å². The number of methoxy groups -OCH3 is 1. The van der Waals surface area contributed by atoms with Crippen molar-refractivity contribution in [2.45, 2.75) is 38.5 Å². The average Bonchev–Trinajstić information content (AvgIpc) is 2.38. The molecule has 3 nitrogen and oxygen atoms in total. The molecule has 0 radical (unpaired) electrons. The molecule has 0 N–H and O–H groups in total. The molecule has 0 heterocycles. The van der Waals surface area contributed by atoms with Gasteiger partial charge in [-0.3, -0.25) is 9.59 Å². The van der Waals surface area contributed by atoms with E-state index in [1.807, 2.05) is 0 Å². The Morgan fingerprint density at radius 1 is 1.47 bits per heavy atom. The lowest BCUT2D eigenvalue weighted by Crippen LogP contribution is -2.52. The Bertz CT molecular complexity index is 410. The van der Waals surface area contributed by atoms with Crippen LogP contribution in [0.4, 0.5) is 0 Å². The average molecular weight is 234 g/mol. The molecule has 0 aliphatic heterocycles. The zero-order chi connectivity index (χ0) is 12.0. The summed E-state index contributed by atoms with van der Waals surface area (Å²) < 4.78 is 4.94. The molecule has 1 spiro atoms. The van der Waals surface area contributed by atoms with Crippen LogP contribution in [0.1, 0.15) is 38.5 Å². The number of allylic oxidation sites excluding steroid dienone is 2. The van der Waals surface area contributed by atoms with E-state index in [2.05, 4.69) is 6.08 Å². The number of esters is 1. The summed E-state index contributed by atoms with van der Waals surface area (Å²) in [5, 5.41) is 0. The van der Waals surface area contributed by atoms with Crippen molar-refractivity contribution in [1.29, 1.82) is 0 Å². The third-order valence-electron chi connectivity index (χ3n) is 4.96. The van der Waals surface area contributed by atoms with Gasteiger partial charge in [0.25, 0.3) is 0 Å². The van der Waals surface area contributed by atoms with Crippen LogP contribution in [-0.2, 0) is 14.3 Å². The Morgan fingerprint density at radius 3 is 3.06 bits per heavy atom. The first-order valence-corrected chi connectivity index (χ1v) is 6.52. The molecule has 4 aliphatic carbocycles. The molecule has 4 rings (SSSR count). The van der Waals surface area contributed by atoms with Crippen LogP contribution in [0.3, 0.4) is 0 Å². The second kappa shape index (κ2) is 3.69. The van der Waals surface area contributed by atoms with E-state index in [4.69, 9.17) is 4.74 Å². The first-order valence-electron chi connectivity index (χ1n) is 6.52. The molecular weight excluding hydrogens is 216 g/mol. The van der Waals surface area contributed by atoms with Crippen LogP contribution in [0.25, 0.3) is 0 Å². The fraction of sp³-hybridized carbons (Fsp3) is 0.714. The molecule has 0 amide bonds. The largest absolute Gasteiger partial charge is 0.469 e. The zero-order valence-electron chi connectivity index (χ0n) is 10.2. The fourth-order valence-corrected chi connectivity index (χ4v) is 4.13. The number of hydrogen-bond donors (Lipinski definition) is 0. The molecule has 0 saturated heterocycles. The number of carbonyl (C=O) groups is 2. The summed E-state index contributed by atoms with van der Waals surface area (Å²) >= 11 is 0. The van der Waals surface area contributed by atoms with Gasteiger partial charge in [0.2, 0.25) is 0 Å². The number of hydrogen-bond acceptors (Lipinski definition) is 3. The van der Waals surface area contributed by atoms with Crippen LogP contribution in [0.15, 0.2) is 11.6 Å². The van der Waals surface area contributed by atoms with Gasteiger partial charge in [0.05, 0.1) is 13.0 Å². The van der Waals surface area contributed by atoms with Gasteiger partial charge in [0.15, 0.2) is 5.78 Å². The molecule has 92 valence electrons. The molecular formula is C14H18O3. The second-order valence-electron chi connectivity index (χ2n) is 5.58. The minimum absolute atomic E-state index is 0.0736. The molecule has 4 aliphatic rings. The molecule has 2 bridgehead atoms. The van der Waals surface area contributed by atoms with Crippen molar-refractivity contribution in [2.24, 2.45) is 17.3 Å². The molecule has 0 unspecified atom stereocenters. The molecule has 0 aromatic carbocycles. The topological polar surface area (TPSA) is 43.4 Å². The van der Waals surface area contributed by atoms with Crippen molar-refractivity contribution < 1.29 is 14.3 Å². The second-order valence-corrected chi connectivity index (χ2v) is 5.58. The summed E-state index contributed by atoms with van der Waals surface area (Å²) in [7, 11) is 1.45. The van der Waals surface area contributed by atoms with E-state index in [0.29, 0.717) is 12.2 Å². The third-order valence-corrected chi connectivity index (χ3v) is 4.96. The Labute approximate surface area is 101 Å². The summed E-state index contributed by atoms with van der Waals surface area (Å²) in [4.78, 5) is 24.2. The van der Waals surface area contributed by atoms with Gasteiger partial charge in [-0.2, -0.15) is 0 Å². The monoisotopic (exact) mass is 234 g/mol. The van der Waals surface area contributed by atoms with Gasteiger partial charge >= 0.3 is 5.97 Å². The lowest BCUT2D eigenvalue weighted by molar-refractivity contribution is -0.157. The Morgan fingerprint density at radius 2 is 2.29 bits per heavy atom. The lowest BCUT2D eigenvalue weighted by Gasteiger charge is -2.53. The Hall–Kier alpha value is -1.12. The van der Waals surface area contributed by atoms with E-state index in [1.165, 1.54) is 7.11 Å². The molecule has 3 atom stereocenters. The summed E-state index contributed by atoms with van der Waals surface area (Å²) in [6.45, 7) is 0. The number of rotatable bonds is 1. The number of fused-ring (bicyclic) bond motifs is 2. The van der Waals surface area contributed by atoms with Crippen LogP contribution in [0.2, 0.25) is 0 Å². The van der Waals surface area contributed by atoms with E-state index in [-0.39, 0.29) is 23.2 Å². The Balaban J connectivity index is 2.06. The van der Waals surface area contributed by atoms with Crippen molar-refractivity contribution >= 4 is 11.8 Å². The van der Waals surface area contributed by atoms with Gasteiger partial charge in [-0.25, -0.2) is 0 Å². The van der Waals surface area contributed by atoms with E-state index < -0.39 is 0 Å². The fourth-order valence-electron chi connectivity index (χ4n) is 4.13. The van der Waals surface area contributed by atoms with Gasteiger partial charge < -0.3 is 4.74 Å². The summed E-state index contributed by atoms with van der Waals surface area (Å²) in [6, 6.07) is 0. The summed E-state index contributed by atoms with van der Waals surface area (Å²) in [6.07, 6.45) is 7.82. The highest BCUT2D eigenvalue weighted by atomic mass is 16.5. The maximum Gasteiger partial charge on any atom is 0.309 e. The number of carbonyl (C=O) groups excluding carboxylic acids is 2. The predicted molar refractivity (Wildman–Crippen MR) is 62.2 cm³/mol. The van der Waals surface area contributed by atoms with Gasteiger partial charge in [0.1, 0.15) is 0 Å². The SMILES string of the molecule is COC(=O)[C@H]1C[C@@H]2CC[C@]13CCCC=C3C2=O. The lowest BCUT2D eigenvalue weighted by atomic mass is 9.49. The first kappa shape index (κ1) is 11.0. The van der Waals surface area contributed by atoms with Crippen LogP contribution < -0.4 is 0 Å². The number of Topliss-reactive ketones (excluding diaryl/α,β-unsaturated/α-hetero) is 1. The standard InChI is InChI=1S/C14H18O3/c1-17-13(16)11-8-9-5-7-14(11)6-3-2-4-10(14)12(9)15/h4,9,11H,2-3,5-8H2,1H3/t9-,11+,14-/m0/s1. The highest BCUT2D eigenvalue weighted by Crippen LogP contribution is 2.59. The van der Waals surface area contributed by atoms with E-state index >= 15 is 0 Å². The minimum atomic E-state index is -0.169. The molecule has 0 aromatic heterocycles. The van der Waals surface area contributed by atoms with Gasteiger partial charge in [-0.15, -0.1) is 0 Å². The van der Waals surface area contributed by atoms with E-state index in [1.54, 1.807) is 0 Å². The number of ketones is 1. The molecule has 3 fully saturated rings. The third kappa shape index (κ3) is 1.34. The summed E-state index contributed by atoms with van der Waals surface area (Å²) in [5.41, 5.74) is 0.790. The normalized spacial score (nSPS) is 39.6. The molecule has 3 saturated carbocycles. The highest BCUT2D eigenvalue weighted by Gasteiger charge is 2.57. The Kier molecular flexibility index (Phi) is 2.39. The molecule has 0 aromatic rings. The van der Waals surface area contributed by atoms with Gasteiger partial charge in [-0.05, 0) is 44.1 Å². The van der Waals surface area contributed by atoms with Crippen molar-refractivity contribution in [3.05, 3.63) is 11.6 Å². The van der Waals surface area contributed by atoms with E-state index in [0.717, 1.165) is 37.7 Å². The minimum Gasteiger partial charge on any atom is -0.469 e. The predicted octanol–water partition coefficient (Wildman–Crippen LogP) is 2.26. The summed E-state index contributed by atoms with van der Waals surface area (Å²) in [5.74, 6) is 0.201. The van der Waals surface area contributed by atoms with Gasteiger partial charge in [-0.1, -0.05) is 6.08 Å². The molecule has 17 heavy (non-hydrogen) atoms. The first-order chi connectivity index (χ1) is 8.19. The van der Waals surface area contributed by atoms with Crippen molar-refractivity contribution in [3.63, 3.8) is 0 Å². The maximum absolute atomic E-state index is 12.3. The van der Waals surface area contributed by atoms with Crippen molar-refractivity contribution in [3.8, 4) is 0 Å². The number of ether oxygens (including phenoxy) is 1. The van der Waals surface area contributed by atoms with Crippen LogP contribution in [0, 0.1) is 17.3 Å². The van der Waals surface area contributed by atoms with Gasteiger partial charge in [0, 0.05) is 11.3 Å². The van der Waals surface area contributed by atoms with Crippen molar-refractivity contribution in [1.82, 2.24) is 0 Å². The van der Waals surface area contributed by atoms with Crippen LogP contribution in [-0.4, -0.2) is 18.9 Å². The van der Waals surface area contributed by atoms with Crippen molar-refractivity contribution in [2.75, 3.05) is 7.11 Å². The smallest absolute Gasteiger partial charge is 0.309 e.